The van der Waals surface area contributed by atoms with Crippen LogP contribution in [0.3, 0.4) is 0 Å². The highest BCUT2D eigenvalue weighted by atomic mass is 15.0. The number of aromatic nitrogens is 2. The highest BCUT2D eigenvalue weighted by Crippen LogP contribution is 2.28. The van der Waals surface area contributed by atoms with Gasteiger partial charge < -0.3 is 10.1 Å². The summed E-state index contributed by atoms with van der Waals surface area (Å²) in [6.45, 7) is 6.98. The number of hydrogen-bond donors (Lipinski definition) is 1. The van der Waals surface area contributed by atoms with E-state index in [-0.39, 0.29) is 0 Å². The number of benzene rings is 1. The average molecular weight is 279 g/mol. The standard InChI is InChI=1S/C18H21N3/c1-12-4-6-14(3)15(10-12)18-16(8-9-19)21-11-13(2)5-7-17(21)20-18/h4-7,10-11H,8-9,19H2,1-3H3. The lowest BCUT2D eigenvalue weighted by molar-refractivity contribution is 0.904. The van der Waals surface area contributed by atoms with Crippen LogP contribution in [-0.2, 0) is 6.42 Å². The fourth-order valence-electron chi connectivity index (χ4n) is 2.78. The molecule has 0 atom stereocenters. The molecule has 0 saturated heterocycles. The third-order valence-corrected chi connectivity index (χ3v) is 3.89. The SMILES string of the molecule is Cc1ccc(C)c(-c2nc3ccc(C)cn3c2CCN)c1. The van der Waals surface area contributed by atoms with Crippen LogP contribution >= 0.6 is 0 Å². The van der Waals surface area contributed by atoms with Gasteiger partial charge in [-0.15, -0.1) is 0 Å². The molecule has 0 aliphatic rings. The number of nitrogens with two attached hydrogens (primary N) is 1. The van der Waals surface area contributed by atoms with Crippen LogP contribution in [0.4, 0.5) is 0 Å². The van der Waals surface area contributed by atoms with Gasteiger partial charge in [-0.05, 0) is 50.6 Å². The summed E-state index contributed by atoms with van der Waals surface area (Å²) in [5.41, 5.74) is 14.0. The zero-order valence-corrected chi connectivity index (χ0v) is 12.9. The number of hydrogen-bond acceptors (Lipinski definition) is 2. The minimum atomic E-state index is 0.625. The minimum absolute atomic E-state index is 0.625. The van der Waals surface area contributed by atoms with E-state index in [0.29, 0.717) is 6.54 Å². The Hall–Kier alpha value is -2.13. The zero-order valence-electron chi connectivity index (χ0n) is 12.9. The number of aryl methyl sites for hydroxylation is 3. The second-order valence-electron chi connectivity index (χ2n) is 5.70. The van der Waals surface area contributed by atoms with Crippen molar-refractivity contribution in [3.8, 4) is 11.3 Å². The van der Waals surface area contributed by atoms with Crippen LogP contribution in [0.2, 0.25) is 0 Å². The van der Waals surface area contributed by atoms with Gasteiger partial charge >= 0.3 is 0 Å². The normalized spacial score (nSPS) is 11.2. The number of rotatable bonds is 3. The van der Waals surface area contributed by atoms with E-state index in [2.05, 4.69) is 61.7 Å². The van der Waals surface area contributed by atoms with Crippen LogP contribution in [0.5, 0.6) is 0 Å². The molecule has 2 heterocycles. The molecular weight excluding hydrogens is 258 g/mol. The van der Waals surface area contributed by atoms with Gasteiger partial charge in [0.15, 0.2) is 0 Å². The van der Waals surface area contributed by atoms with E-state index in [1.54, 1.807) is 0 Å². The molecule has 0 unspecified atom stereocenters. The second kappa shape index (κ2) is 5.34. The summed E-state index contributed by atoms with van der Waals surface area (Å²) in [6.07, 6.45) is 2.97. The van der Waals surface area contributed by atoms with Crippen LogP contribution in [0.25, 0.3) is 16.9 Å². The molecule has 0 saturated carbocycles. The highest BCUT2D eigenvalue weighted by molar-refractivity contribution is 5.70. The average Bonchev–Trinajstić information content (AvgIpc) is 2.80. The molecule has 2 N–H and O–H groups in total. The fourth-order valence-corrected chi connectivity index (χ4v) is 2.78. The molecule has 2 aromatic heterocycles. The van der Waals surface area contributed by atoms with Gasteiger partial charge in [0.25, 0.3) is 0 Å². The molecule has 0 radical (unpaired) electrons. The van der Waals surface area contributed by atoms with Crippen LogP contribution in [0, 0.1) is 20.8 Å². The van der Waals surface area contributed by atoms with Crippen molar-refractivity contribution in [3.63, 3.8) is 0 Å². The summed E-state index contributed by atoms with van der Waals surface area (Å²) in [5, 5.41) is 0. The molecule has 0 spiro atoms. The van der Waals surface area contributed by atoms with Gasteiger partial charge in [0.1, 0.15) is 5.65 Å². The molecule has 0 bridgehead atoms. The summed E-state index contributed by atoms with van der Waals surface area (Å²) in [5.74, 6) is 0. The zero-order chi connectivity index (χ0) is 15.0. The highest BCUT2D eigenvalue weighted by Gasteiger charge is 2.15. The quantitative estimate of drug-likeness (QED) is 0.798. The monoisotopic (exact) mass is 279 g/mol. The van der Waals surface area contributed by atoms with Gasteiger partial charge in [0.05, 0.1) is 11.4 Å². The summed E-state index contributed by atoms with van der Waals surface area (Å²) in [7, 11) is 0. The summed E-state index contributed by atoms with van der Waals surface area (Å²) in [6, 6.07) is 10.7. The first-order chi connectivity index (χ1) is 10.1. The van der Waals surface area contributed by atoms with Crippen molar-refractivity contribution in [1.82, 2.24) is 9.38 Å². The van der Waals surface area contributed by atoms with Gasteiger partial charge in [0, 0.05) is 18.2 Å². The van der Waals surface area contributed by atoms with Crippen molar-refractivity contribution >= 4 is 5.65 Å². The van der Waals surface area contributed by atoms with Crippen molar-refractivity contribution in [3.05, 3.63) is 58.9 Å². The van der Waals surface area contributed by atoms with E-state index in [4.69, 9.17) is 10.7 Å². The van der Waals surface area contributed by atoms with Crippen molar-refractivity contribution in [2.75, 3.05) is 6.54 Å². The molecule has 0 aliphatic carbocycles. The Balaban J connectivity index is 2.30. The smallest absolute Gasteiger partial charge is 0.137 e. The minimum Gasteiger partial charge on any atom is -0.330 e. The second-order valence-corrected chi connectivity index (χ2v) is 5.70. The number of pyridine rings is 1. The lowest BCUT2D eigenvalue weighted by Crippen LogP contribution is -2.06. The van der Waals surface area contributed by atoms with Crippen LogP contribution in [0.1, 0.15) is 22.4 Å². The predicted molar refractivity (Wildman–Crippen MR) is 87.6 cm³/mol. The Bertz CT molecular complexity index is 800. The van der Waals surface area contributed by atoms with Crippen LogP contribution < -0.4 is 5.73 Å². The van der Waals surface area contributed by atoms with E-state index in [9.17, 15) is 0 Å². The molecule has 0 amide bonds. The molecule has 21 heavy (non-hydrogen) atoms. The van der Waals surface area contributed by atoms with Crippen molar-refractivity contribution < 1.29 is 0 Å². The lowest BCUT2D eigenvalue weighted by Gasteiger charge is -2.08. The molecular formula is C18H21N3. The maximum Gasteiger partial charge on any atom is 0.137 e. The summed E-state index contributed by atoms with van der Waals surface area (Å²) in [4.78, 5) is 4.85. The Morgan fingerprint density at radius 2 is 1.81 bits per heavy atom. The van der Waals surface area contributed by atoms with Crippen molar-refractivity contribution in [2.45, 2.75) is 27.2 Å². The van der Waals surface area contributed by atoms with E-state index in [1.807, 2.05) is 0 Å². The maximum absolute atomic E-state index is 5.82. The Morgan fingerprint density at radius 1 is 1.05 bits per heavy atom. The van der Waals surface area contributed by atoms with Gasteiger partial charge in [-0.2, -0.15) is 0 Å². The molecule has 1 aromatic carbocycles. The first-order valence-electron chi connectivity index (χ1n) is 7.35. The van der Waals surface area contributed by atoms with Gasteiger partial charge in [-0.1, -0.05) is 23.8 Å². The summed E-state index contributed by atoms with van der Waals surface area (Å²) >= 11 is 0. The van der Waals surface area contributed by atoms with E-state index in [1.165, 1.54) is 27.9 Å². The van der Waals surface area contributed by atoms with Gasteiger partial charge in [-0.25, -0.2) is 4.98 Å². The molecule has 3 rings (SSSR count). The Morgan fingerprint density at radius 3 is 2.57 bits per heavy atom. The van der Waals surface area contributed by atoms with Gasteiger partial charge in [0.2, 0.25) is 0 Å². The third-order valence-electron chi connectivity index (χ3n) is 3.89. The van der Waals surface area contributed by atoms with E-state index < -0.39 is 0 Å². The number of fused-ring (bicyclic) bond motifs is 1. The first kappa shape index (κ1) is 13.8. The van der Waals surface area contributed by atoms with Gasteiger partial charge in [-0.3, -0.25) is 0 Å². The lowest BCUT2D eigenvalue weighted by atomic mass is 10.0. The molecule has 3 aromatic rings. The van der Waals surface area contributed by atoms with Crippen LogP contribution in [0.15, 0.2) is 36.5 Å². The maximum atomic E-state index is 5.82. The Labute approximate surface area is 125 Å². The molecule has 3 heteroatoms. The van der Waals surface area contributed by atoms with Crippen molar-refractivity contribution in [1.29, 1.82) is 0 Å². The first-order valence-corrected chi connectivity index (χ1v) is 7.35. The number of nitrogens with zero attached hydrogens (tertiary/aromatic N) is 2. The van der Waals surface area contributed by atoms with E-state index in [0.717, 1.165) is 17.8 Å². The number of imidazole rings is 1. The molecule has 3 nitrogen and oxygen atoms in total. The van der Waals surface area contributed by atoms with Crippen molar-refractivity contribution in [2.24, 2.45) is 5.73 Å². The predicted octanol–water partition coefficient (Wildman–Crippen LogP) is 3.43. The molecule has 108 valence electrons. The van der Waals surface area contributed by atoms with E-state index >= 15 is 0 Å². The largest absolute Gasteiger partial charge is 0.330 e. The molecule has 0 aliphatic heterocycles. The Kier molecular flexibility index (Phi) is 3.52. The topological polar surface area (TPSA) is 43.3 Å². The fraction of sp³-hybridized carbons (Fsp3) is 0.278. The third kappa shape index (κ3) is 2.45. The molecule has 0 fully saturated rings. The van der Waals surface area contributed by atoms with Crippen LogP contribution in [-0.4, -0.2) is 15.9 Å². The summed E-state index contributed by atoms with van der Waals surface area (Å²) < 4.78 is 2.18.